The van der Waals surface area contributed by atoms with Gasteiger partial charge in [-0.2, -0.15) is 0 Å². The summed E-state index contributed by atoms with van der Waals surface area (Å²) >= 11 is 0. The second kappa shape index (κ2) is 7.58. The highest BCUT2D eigenvalue weighted by molar-refractivity contribution is 5.84. The number of amides is 2. The summed E-state index contributed by atoms with van der Waals surface area (Å²) in [7, 11) is 0. The number of benzene rings is 1. The smallest absolute Gasteiger partial charge is 0.260 e. The summed E-state index contributed by atoms with van der Waals surface area (Å²) in [4.78, 5) is 30.0. The number of aryl methyl sites for hydroxylation is 2. The van der Waals surface area contributed by atoms with Crippen LogP contribution in [0.3, 0.4) is 0 Å². The van der Waals surface area contributed by atoms with Crippen molar-refractivity contribution in [3.63, 3.8) is 0 Å². The molecule has 5 nitrogen and oxygen atoms in total. The molecule has 5 fully saturated rings. The van der Waals surface area contributed by atoms with E-state index in [1.807, 2.05) is 30.0 Å². The predicted molar refractivity (Wildman–Crippen MR) is 115 cm³/mol. The van der Waals surface area contributed by atoms with Crippen molar-refractivity contribution in [2.24, 2.45) is 23.2 Å². The van der Waals surface area contributed by atoms with Gasteiger partial charge in [0.25, 0.3) is 5.91 Å². The Morgan fingerprint density at radius 2 is 1.47 bits per heavy atom. The first-order valence-corrected chi connectivity index (χ1v) is 11.7. The number of piperazine rings is 1. The van der Waals surface area contributed by atoms with E-state index in [-0.39, 0.29) is 17.9 Å². The quantitative estimate of drug-likeness (QED) is 0.763. The monoisotopic (exact) mass is 410 g/mol. The van der Waals surface area contributed by atoms with Gasteiger partial charge in [-0.05, 0) is 93.4 Å². The van der Waals surface area contributed by atoms with Gasteiger partial charge in [0.15, 0.2) is 6.61 Å². The maximum atomic E-state index is 13.5. The van der Waals surface area contributed by atoms with E-state index in [0.717, 1.165) is 48.3 Å². The van der Waals surface area contributed by atoms with Crippen LogP contribution in [0.2, 0.25) is 0 Å². The molecule has 4 aliphatic carbocycles. The Labute approximate surface area is 179 Å². The fraction of sp³-hybridized carbons (Fsp3) is 0.680. The molecule has 5 aliphatic rings. The molecule has 30 heavy (non-hydrogen) atoms. The van der Waals surface area contributed by atoms with E-state index >= 15 is 0 Å². The molecule has 0 radical (unpaired) electrons. The van der Waals surface area contributed by atoms with E-state index in [4.69, 9.17) is 4.74 Å². The highest BCUT2D eigenvalue weighted by atomic mass is 16.5. The first-order valence-electron chi connectivity index (χ1n) is 11.7. The molecule has 1 heterocycles. The molecule has 4 bridgehead atoms. The summed E-state index contributed by atoms with van der Waals surface area (Å²) in [6, 6.07) is 5.91. The Morgan fingerprint density at radius 1 is 0.900 bits per heavy atom. The zero-order chi connectivity index (χ0) is 20.9. The van der Waals surface area contributed by atoms with Crippen molar-refractivity contribution in [2.75, 3.05) is 32.8 Å². The number of hydrogen-bond donors (Lipinski definition) is 0. The van der Waals surface area contributed by atoms with Gasteiger partial charge >= 0.3 is 0 Å². The van der Waals surface area contributed by atoms with Crippen molar-refractivity contribution in [1.82, 2.24) is 9.80 Å². The molecule has 0 unspecified atom stereocenters. The number of carbonyl (C=O) groups excluding carboxylic acids is 2. The van der Waals surface area contributed by atoms with Gasteiger partial charge in [0, 0.05) is 26.2 Å². The van der Waals surface area contributed by atoms with Crippen molar-refractivity contribution in [3.05, 3.63) is 29.3 Å². The molecule has 0 atom stereocenters. The van der Waals surface area contributed by atoms with Gasteiger partial charge in [0.2, 0.25) is 5.91 Å². The minimum Gasteiger partial charge on any atom is -0.484 e. The third kappa shape index (κ3) is 3.61. The molecule has 1 aromatic rings. The first kappa shape index (κ1) is 19.9. The van der Waals surface area contributed by atoms with E-state index in [9.17, 15) is 9.59 Å². The lowest BCUT2D eigenvalue weighted by molar-refractivity contribution is -0.160. The molecule has 4 saturated carbocycles. The van der Waals surface area contributed by atoms with E-state index in [1.54, 1.807) is 0 Å². The van der Waals surface area contributed by atoms with Crippen LogP contribution >= 0.6 is 0 Å². The summed E-state index contributed by atoms with van der Waals surface area (Å²) in [5.41, 5.74) is 2.30. The lowest BCUT2D eigenvalue weighted by atomic mass is 9.49. The molecule has 0 aromatic heterocycles. The van der Waals surface area contributed by atoms with Crippen molar-refractivity contribution in [3.8, 4) is 5.75 Å². The van der Waals surface area contributed by atoms with Crippen LogP contribution in [0.25, 0.3) is 0 Å². The van der Waals surface area contributed by atoms with Gasteiger partial charge in [-0.15, -0.1) is 0 Å². The third-order valence-electron chi connectivity index (χ3n) is 8.25. The summed E-state index contributed by atoms with van der Waals surface area (Å²) in [6.07, 6.45) is 7.41. The predicted octanol–water partition coefficient (Wildman–Crippen LogP) is 3.57. The molecule has 0 spiro atoms. The first-order chi connectivity index (χ1) is 14.4. The minimum absolute atomic E-state index is 0.00938. The maximum absolute atomic E-state index is 13.5. The Bertz CT molecular complexity index is 806. The van der Waals surface area contributed by atoms with Crippen LogP contribution in [-0.2, 0) is 9.59 Å². The van der Waals surface area contributed by atoms with Crippen molar-refractivity contribution < 1.29 is 14.3 Å². The third-order valence-corrected chi connectivity index (χ3v) is 8.25. The average molecular weight is 411 g/mol. The molecule has 1 aromatic carbocycles. The molecule has 162 valence electrons. The van der Waals surface area contributed by atoms with Crippen LogP contribution < -0.4 is 4.74 Å². The lowest BCUT2D eigenvalue weighted by Crippen LogP contribution is -2.58. The summed E-state index contributed by atoms with van der Waals surface area (Å²) in [5, 5.41) is 0. The molecular weight excluding hydrogens is 376 g/mol. The van der Waals surface area contributed by atoms with Crippen LogP contribution in [0.1, 0.15) is 49.7 Å². The largest absolute Gasteiger partial charge is 0.484 e. The molecular formula is C25H34N2O3. The molecule has 2 amide bonds. The Morgan fingerprint density at radius 3 is 2.03 bits per heavy atom. The van der Waals surface area contributed by atoms with E-state index in [2.05, 4.69) is 11.8 Å². The second-order valence-electron chi connectivity index (χ2n) is 10.4. The van der Waals surface area contributed by atoms with Crippen LogP contribution in [0, 0.1) is 37.0 Å². The van der Waals surface area contributed by atoms with E-state index < -0.39 is 0 Å². The van der Waals surface area contributed by atoms with Crippen molar-refractivity contribution >= 4 is 11.8 Å². The molecule has 0 N–H and O–H groups in total. The Kier molecular flexibility index (Phi) is 5.03. The van der Waals surface area contributed by atoms with Gasteiger partial charge < -0.3 is 14.5 Å². The van der Waals surface area contributed by atoms with Gasteiger partial charge in [-0.3, -0.25) is 9.59 Å². The molecule has 5 heteroatoms. The summed E-state index contributed by atoms with van der Waals surface area (Å²) in [6.45, 7) is 6.73. The molecule has 1 aliphatic heterocycles. The van der Waals surface area contributed by atoms with Gasteiger partial charge in [0.05, 0.1) is 5.41 Å². The highest BCUT2D eigenvalue weighted by Gasteiger charge is 2.55. The van der Waals surface area contributed by atoms with E-state index in [0.29, 0.717) is 32.1 Å². The normalized spacial score (nSPS) is 32.4. The number of ether oxygens (including phenoxy) is 1. The van der Waals surface area contributed by atoms with Gasteiger partial charge in [0.1, 0.15) is 5.75 Å². The fourth-order valence-corrected chi connectivity index (χ4v) is 6.91. The van der Waals surface area contributed by atoms with Gasteiger partial charge in [-0.1, -0.05) is 6.07 Å². The SMILES string of the molecule is Cc1ccc(OCC(=O)N2CCN(C(=O)C34CC5CC(CC(C5)C3)C4)CC2)cc1C. The lowest BCUT2D eigenvalue weighted by Gasteiger charge is -2.57. The summed E-state index contributed by atoms with van der Waals surface area (Å²) in [5.74, 6) is 3.49. The van der Waals surface area contributed by atoms with Crippen LogP contribution in [-0.4, -0.2) is 54.4 Å². The van der Waals surface area contributed by atoms with Crippen LogP contribution in [0.4, 0.5) is 0 Å². The number of rotatable bonds is 4. The number of carbonyl (C=O) groups is 2. The highest BCUT2D eigenvalue weighted by Crippen LogP contribution is 2.60. The van der Waals surface area contributed by atoms with Gasteiger partial charge in [-0.25, -0.2) is 0 Å². The average Bonchev–Trinajstić information content (AvgIpc) is 2.73. The molecule has 1 saturated heterocycles. The number of hydrogen-bond acceptors (Lipinski definition) is 3. The maximum Gasteiger partial charge on any atom is 0.260 e. The molecule has 6 rings (SSSR count). The standard InChI is InChI=1S/C25H34N2O3/c1-17-3-4-22(9-18(17)2)30-16-23(28)26-5-7-27(8-6-26)24(29)25-13-19-10-20(14-25)12-21(11-19)15-25/h3-4,9,19-21H,5-8,10-16H2,1-2H3. The van der Waals surface area contributed by atoms with Crippen molar-refractivity contribution in [1.29, 1.82) is 0 Å². The van der Waals surface area contributed by atoms with Crippen LogP contribution in [0.5, 0.6) is 5.75 Å². The zero-order valence-corrected chi connectivity index (χ0v) is 18.4. The van der Waals surface area contributed by atoms with Crippen LogP contribution in [0.15, 0.2) is 18.2 Å². The van der Waals surface area contributed by atoms with E-state index in [1.165, 1.54) is 24.8 Å². The van der Waals surface area contributed by atoms with Crippen molar-refractivity contribution in [2.45, 2.75) is 52.4 Å². The Balaban J connectivity index is 1.14. The fourth-order valence-electron chi connectivity index (χ4n) is 6.91. The zero-order valence-electron chi connectivity index (χ0n) is 18.4. The minimum atomic E-state index is -0.0761. The second-order valence-corrected chi connectivity index (χ2v) is 10.4. The summed E-state index contributed by atoms with van der Waals surface area (Å²) < 4.78 is 5.72. The number of nitrogens with zero attached hydrogens (tertiary/aromatic N) is 2. The topological polar surface area (TPSA) is 49.9 Å². The Hall–Kier alpha value is -2.04.